The lowest BCUT2D eigenvalue weighted by molar-refractivity contribution is -0.142. The first-order valence-electron chi connectivity index (χ1n) is 9.30. The molecule has 4 aromatic rings. The first-order valence-corrected chi connectivity index (χ1v) is 10.7. The van der Waals surface area contributed by atoms with E-state index in [9.17, 15) is 18.3 Å². The molecule has 0 saturated carbocycles. The summed E-state index contributed by atoms with van der Waals surface area (Å²) in [5, 5.41) is 12.6. The Morgan fingerprint density at radius 2 is 1.72 bits per heavy atom. The van der Waals surface area contributed by atoms with E-state index in [2.05, 4.69) is 4.98 Å². The third kappa shape index (κ3) is 2.73. The molecule has 0 spiro atoms. The van der Waals surface area contributed by atoms with E-state index in [4.69, 9.17) is 0 Å². The average Bonchev–Trinajstić information content (AvgIpc) is 3.11. The van der Waals surface area contributed by atoms with Crippen molar-refractivity contribution in [2.24, 2.45) is 0 Å². The molecule has 7 heteroatoms. The van der Waals surface area contributed by atoms with Gasteiger partial charge in [-0.1, -0.05) is 48.5 Å². The number of aliphatic carboxylic acids is 1. The Morgan fingerprint density at radius 3 is 2.52 bits per heavy atom. The van der Waals surface area contributed by atoms with Crippen LogP contribution in [0.1, 0.15) is 17.3 Å². The number of nitrogens with zero attached hydrogens (tertiary/aromatic N) is 1. The van der Waals surface area contributed by atoms with E-state index < -0.39 is 22.0 Å². The Hall–Kier alpha value is -3.16. The lowest BCUT2D eigenvalue weighted by Gasteiger charge is -2.32. The van der Waals surface area contributed by atoms with E-state index in [1.165, 1.54) is 6.07 Å². The monoisotopic (exact) mass is 406 g/mol. The Balaban J connectivity index is 1.64. The van der Waals surface area contributed by atoms with Crippen LogP contribution in [0.4, 0.5) is 0 Å². The summed E-state index contributed by atoms with van der Waals surface area (Å²) in [6.07, 6.45) is 0.454. The predicted molar refractivity (Wildman–Crippen MR) is 110 cm³/mol. The van der Waals surface area contributed by atoms with Gasteiger partial charge in [0.1, 0.15) is 0 Å². The maximum atomic E-state index is 13.4. The first kappa shape index (κ1) is 17.9. The highest BCUT2D eigenvalue weighted by molar-refractivity contribution is 7.89. The predicted octanol–water partition coefficient (Wildman–Crippen LogP) is 3.69. The largest absolute Gasteiger partial charge is 0.480 e. The van der Waals surface area contributed by atoms with E-state index in [0.29, 0.717) is 12.1 Å². The molecule has 0 fully saturated rings. The average molecular weight is 406 g/mol. The number of carbonyl (C=O) groups is 1. The molecule has 2 heterocycles. The Labute approximate surface area is 167 Å². The lowest BCUT2D eigenvalue weighted by atomic mass is 9.99. The van der Waals surface area contributed by atoms with Crippen molar-refractivity contribution in [3.8, 4) is 0 Å². The summed E-state index contributed by atoms with van der Waals surface area (Å²) >= 11 is 0. The molecule has 1 aliphatic rings. The van der Waals surface area contributed by atoms with Gasteiger partial charge in [-0.2, -0.15) is 4.31 Å². The SMILES string of the molecule is O=C(O)C1c2[nH]c3ccccc3c2CCN1S(=O)(=O)c1ccc2ccccc2c1. The number of hydrogen-bond acceptors (Lipinski definition) is 3. The lowest BCUT2D eigenvalue weighted by Crippen LogP contribution is -2.43. The fourth-order valence-corrected chi connectivity index (χ4v) is 5.78. The van der Waals surface area contributed by atoms with Gasteiger partial charge in [-0.25, -0.2) is 8.42 Å². The molecule has 1 unspecified atom stereocenters. The van der Waals surface area contributed by atoms with Gasteiger partial charge in [-0.05, 0) is 41.0 Å². The number of aromatic amines is 1. The molecule has 1 aromatic heterocycles. The van der Waals surface area contributed by atoms with Gasteiger partial charge in [-0.15, -0.1) is 0 Å². The number of carboxylic acids is 1. The first-order chi connectivity index (χ1) is 14.0. The number of benzene rings is 3. The van der Waals surface area contributed by atoms with Gasteiger partial charge >= 0.3 is 5.97 Å². The number of para-hydroxylation sites is 1. The van der Waals surface area contributed by atoms with Crippen LogP contribution >= 0.6 is 0 Å². The highest BCUT2D eigenvalue weighted by Crippen LogP contribution is 2.38. The molecule has 0 radical (unpaired) electrons. The fourth-order valence-electron chi connectivity index (χ4n) is 4.19. The van der Waals surface area contributed by atoms with Crippen LogP contribution < -0.4 is 0 Å². The molecule has 6 nitrogen and oxygen atoms in total. The number of hydrogen-bond donors (Lipinski definition) is 2. The highest BCUT2D eigenvalue weighted by atomic mass is 32.2. The van der Waals surface area contributed by atoms with Crippen molar-refractivity contribution in [2.75, 3.05) is 6.54 Å². The highest BCUT2D eigenvalue weighted by Gasteiger charge is 2.42. The van der Waals surface area contributed by atoms with E-state index in [1.54, 1.807) is 12.1 Å². The molecule has 3 aromatic carbocycles. The summed E-state index contributed by atoms with van der Waals surface area (Å²) in [6.45, 7) is 0.112. The topological polar surface area (TPSA) is 90.5 Å². The zero-order valence-electron chi connectivity index (χ0n) is 15.4. The number of fused-ring (bicyclic) bond motifs is 4. The van der Waals surface area contributed by atoms with Crippen molar-refractivity contribution in [3.63, 3.8) is 0 Å². The zero-order chi connectivity index (χ0) is 20.2. The van der Waals surface area contributed by atoms with E-state index in [1.807, 2.05) is 48.5 Å². The van der Waals surface area contributed by atoms with Gasteiger partial charge < -0.3 is 10.1 Å². The minimum Gasteiger partial charge on any atom is -0.480 e. The van der Waals surface area contributed by atoms with Crippen LogP contribution in [0.15, 0.2) is 71.6 Å². The Bertz CT molecular complexity index is 1370. The van der Waals surface area contributed by atoms with E-state index in [-0.39, 0.29) is 11.4 Å². The van der Waals surface area contributed by atoms with Crippen LogP contribution in [0.3, 0.4) is 0 Å². The second kappa shape index (κ2) is 6.43. The summed E-state index contributed by atoms with van der Waals surface area (Å²) in [5.41, 5.74) is 2.13. The summed E-state index contributed by atoms with van der Waals surface area (Å²) in [6, 6.07) is 18.6. The maximum absolute atomic E-state index is 13.4. The van der Waals surface area contributed by atoms with Gasteiger partial charge in [0, 0.05) is 23.1 Å². The molecular formula is C22H18N2O4S. The smallest absolute Gasteiger partial charge is 0.328 e. The standard InChI is InChI=1S/C22H18N2O4S/c25-22(26)21-20-18(17-7-3-4-8-19(17)23-20)11-12-24(21)29(27,28)16-10-9-14-5-1-2-6-15(14)13-16/h1-10,13,21,23H,11-12H2,(H,25,26). The minimum atomic E-state index is -4.00. The van der Waals surface area contributed by atoms with Crippen molar-refractivity contribution >= 4 is 37.7 Å². The van der Waals surface area contributed by atoms with Crippen molar-refractivity contribution in [1.29, 1.82) is 0 Å². The third-order valence-electron chi connectivity index (χ3n) is 5.55. The quantitative estimate of drug-likeness (QED) is 0.543. The molecule has 146 valence electrons. The van der Waals surface area contributed by atoms with Crippen LogP contribution in [0.5, 0.6) is 0 Å². The maximum Gasteiger partial charge on any atom is 0.328 e. The van der Waals surface area contributed by atoms with Crippen LogP contribution in [-0.2, 0) is 21.2 Å². The molecular weight excluding hydrogens is 388 g/mol. The Morgan fingerprint density at radius 1 is 1.00 bits per heavy atom. The molecule has 0 saturated heterocycles. The molecule has 1 atom stereocenters. The number of sulfonamides is 1. The number of rotatable bonds is 3. The molecule has 2 N–H and O–H groups in total. The molecule has 0 amide bonds. The third-order valence-corrected chi connectivity index (χ3v) is 7.41. The summed E-state index contributed by atoms with van der Waals surface area (Å²) in [7, 11) is -4.00. The molecule has 1 aliphatic heterocycles. The van der Waals surface area contributed by atoms with Crippen molar-refractivity contribution in [2.45, 2.75) is 17.4 Å². The minimum absolute atomic E-state index is 0.0991. The molecule has 0 bridgehead atoms. The van der Waals surface area contributed by atoms with Crippen LogP contribution in [0.2, 0.25) is 0 Å². The van der Waals surface area contributed by atoms with Crippen LogP contribution in [0.25, 0.3) is 21.7 Å². The van der Waals surface area contributed by atoms with E-state index >= 15 is 0 Å². The normalized spacial score (nSPS) is 17.4. The number of nitrogens with one attached hydrogen (secondary N) is 1. The number of carboxylic acid groups (broad SMARTS) is 1. The van der Waals surface area contributed by atoms with Gasteiger partial charge in [0.05, 0.1) is 4.90 Å². The van der Waals surface area contributed by atoms with Crippen LogP contribution in [0, 0.1) is 0 Å². The number of aromatic nitrogens is 1. The van der Waals surface area contributed by atoms with Gasteiger partial charge in [0.15, 0.2) is 6.04 Å². The summed E-state index contributed by atoms with van der Waals surface area (Å²) in [4.78, 5) is 15.4. The van der Waals surface area contributed by atoms with Crippen LogP contribution in [-0.4, -0.2) is 35.3 Å². The van der Waals surface area contributed by atoms with Gasteiger partial charge in [-0.3, -0.25) is 4.79 Å². The molecule has 5 rings (SSSR count). The summed E-state index contributed by atoms with van der Waals surface area (Å²) in [5.74, 6) is -1.19. The zero-order valence-corrected chi connectivity index (χ0v) is 16.2. The van der Waals surface area contributed by atoms with Crippen molar-refractivity contribution < 1.29 is 18.3 Å². The van der Waals surface area contributed by atoms with Gasteiger partial charge in [0.25, 0.3) is 0 Å². The van der Waals surface area contributed by atoms with Crippen molar-refractivity contribution in [3.05, 3.63) is 78.0 Å². The second-order valence-electron chi connectivity index (χ2n) is 7.18. The fraction of sp³-hybridized carbons (Fsp3) is 0.136. The van der Waals surface area contributed by atoms with E-state index in [0.717, 1.165) is 31.5 Å². The number of H-pyrrole nitrogens is 1. The molecule has 0 aliphatic carbocycles. The van der Waals surface area contributed by atoms with Gasteiger partial charge in [0.2, 0.25) is 10.0 Å². The Kier molecular flexibility index (Phi) is 3.97. The molecule has 29 heavy (non-hydrogen) atoms. The second-order valence-corrected chi connectivity index (χ2v) is 9.07. The van der Waals surface area contributed by atoms with Crippen molar-refractivity contribution in [1.82, 2.24) is 9.29 Å². The summed E-state index contributed by atoms with van der Waals surface area (Å²) < 4.78 is 27.9.